The molecule has 0 unspecified atom stereocenters. The van der Waals surface area contributed by atoms with Crippen LogP contribution in [0.15, 0.2) is 220 Å². The zero-order valence-corrected chi connectivity index (χ0v) is 70.1. The lowest BCUT2D eigenvalue weighted by molar-refractivity contribution is -0.146. The van der Waals surface area contributed by atoms with Crippen LogP contribution in [-0.4, -0.2) is 217 Å². The molecule has 4 N–H and O–H groups in total. The SMILES string of the molecule is C=C(C)C(=O)OCCCC(=O)OCCOc1ccc(C(c2ccc(OCCOC(=O)NCCOC(=O)C(=C)C)cc2)c2ccc(OCCOC(=O)NCCOC(=O)C(=C)C)cc2)cc1.C=CC(=O)OCCCC(=O)OCCOc1ccc(C(c2ccc(OCCOC(=O)NCCOC(=O)C=C)cc2)c2ccc(OCCOC(=O)NCCOC(=O)C=C)cc2)cc1. The third-order valence-corrected chi connectivity index (χ3v) is 16.4. The van der Waals surface area contributed by atoms with E-state index in [4.69, 9.17) is 85.3 Å². The minimum Gasteiger partial charge on any atom is -0.490 e. The molecule has 670 valence electrons. The minimum absolute atomic E-state index is 0.0159. The van der Waals surface area contributed by atoms with Crippen molar-refractivity contribution in [2.75, 3.05) is 145 Å². The van der Waals surface area contributed by atoms with E-state index < -0.39 is 72.1 Å². The number of alkyl carbamates (subject to hydrolysis) is 4. The molecule has 125 heavy (non-hydrogen) atoms. The molecule has 6 aromatic carbocycles. The van der Waals surface area contributed by atoms with Gasteiger partial charge in [0, 0.05) is 59.6 Å². The lowest BCUT2D eigenvalue weighted by Crippen LogP contribution is -2.29. The van der Waals surface area contributed by atoms with Crippen molar-refractivity contribution in [3.8, 4) is 34.5 Å². The van der Waals surface area contributed by atoms with Gasteiger partial charge in [-0.25, -0.2) is 47.9 Å². The number of carbonyl (C=O) groups is 12. The van der Waals surface area contributed by atoms with E-state index in [0.717, 1.165) is 51.6 Å². The van der Waals surface area contributed by atoms with Crippen LogP contribution in [0.5, 0.6) is 34.5 Å². The van der Waals surface area contributed by atoms with Gasteiger partial charge in [-0.05, 0) is 140 Å². The monoisotopic (exact) mass is 1730 g/mol. The summed E-state index contributed by atoms with van der Waals surface area (Å²) in [6, 6.07) is 45.0. The zero-order chi connectivity index (χ0) is 90.8. The predicted octanol–water partition coefficient (Wildman–Crippen LogP) is 11.1. The lowest BCUT2D eigenvalue weighted by Gasteiger charge is -2.20. The van der Waals surface area contributed by atoms with Crippen LogP contribution in [-0.2, 0) is 95.2 Å². The third kappa shape index (κ3) is 43.0. The van der Waals surface area contributed by atoms with Crippen molar-refractivity contribution in [2.24, 2.45) is 0 Å². The van der Waals surface area contributed by atoms with E-state index in [1.54, 1.807) is 6.92 Å². The number of amides is 4. The van der Waals surface area contributed by atoms with Crippen LogP contribution in [0.3, 0.4) is 0 Å². The average molecular weight is 1740 g/mol. The number of hydrogen-bond acceptors (Lipinski definition) is 30. The van der Waals surface area contributed by atoms with Gasteiger partial charge in [0.25, 0.3) is 0 Å². The molecule has 0 aliphatic heterocycles. The van der Waals surface area contributed by atoms with Gasteiger partial charge in [-0.1, -0.05) is 112 Å². The zero-order valence-electron chi connectivity index (χ0n) is 70.1. The quantitative estimate of drug-likeness (QED) is 0.00906. The highest BCUT2D eigenvalue weighted by Gasteiger charge is 2.22. The Bertz CT molecular complexity index is 4030. The van der Waals surface area contributed by atoms with Crippen molar-refractivity contribution < 1.29 is 143 Å². The molecule has 6 aromatic rings. The molecule has 0 aliphatic carbocycles. The summed E-state index contributed by atoms with van der Waals surface area (Å²) in [4.78, 5) is 139. The maximum absolute atomic E-state index is 12.1. The van der Waals surface area contributed by atoms with Crippen LogP contribution in [0.2, 0.25) is 0 Å². The molecule has 0 heterocycles. The van der Waals surface area contributed by atoms with Gasteiger partial charge in [-0.15, -0.1) is 0 Å². The first-order valence-corrected chi connectivity index (χ1v) is 39.5. The van der Waals surface area contributed by atoms with Gasteiger partial charge in [-0.3, -0.25) is 9.59 Å². The van der Waals surface area contributed by atoms with Crippen molar-refractivity contribution in [3.63, 3.8) is 0 Å². The summed E-state index contributed by atoms with van der Waals surface area (Å²) < 4.78 is 94.9. The van der Waals surface area contributed by atoms with Crippen LogP contribution in [0.1, 0.15) is 91.7 Å². The van der Waals surface area contributed by atoms with Gasteiger partial charge in [0.2, 0.25) is 0 Å². The molecule has 0 saturated carbocycles. The summed E-state index contributed by atoms with van der Waals surface area (Å²) in [5.41, 5.74) is 6.44. The Labute approximate surface area is 724 Å². The maximum Gasteiger partial charge on any atom is 0.407 e. The van der Waals surface area contributed by atoms with E-state index >= 15 is 0 Å². The smallest absolute Gasteiger partial charge is 0.407 e. The van der Waals surface area contributed by atoms with Crippen molar-refractivity contribution in [3.05, 3.63) is 253 Å². The van der Waals surface area contributed by atoms with Gasteiger partial charge in [0.05, 0.1) is 39.4 Å². The molecule has 34 heteroatoms. The number of ether oxygens (including phenoxy) is 18. The summed E-state index contributed by atoms with van der Waals surface area (Å²) in [6.07, 6.45) is 1.26. The second-order valence-corrected chi connectivity index (χ2v) is 26.1. The van der Waals surface area contributed by atoms with E-state index in [1.807, 2.05) is 146 Å². The fraction of sp³-hybridized carbons (Fsp3) is 0.341. The molecular formula is C91H106N4O30. The first kappa shape index (κ1) is 101. The Morgan fingerprint density at radius 3 is 0.664 bits per heavy atom. The topological polar surface area (TPSA) is 419 Å². The molecule has 0 fully saturated rings. The normalized spacial score (nSPS) is 10.3. The Hall–Kier alpha value is -14.6. The number of esters is 8. The highest BCUT2D eigenvalue weighted by atomic mass is 16.6. The predicted molar refractivity (Wildman–Crippen MR) is 452 cm³/mol. The Kier molecular flexibility index (Phi) is 47.8. The molecule has 0 saturated heterocycles. The molecule has 4 amide bonds. The van der Waals surface area contributed by atoms with Gasteiger partial charge in [-0.2, -0.15) is 0 Å². The summed E-state index contributed by atoms with van der Waals surface area (Å²) in [5.74, 6) is -1.29. The minimum atomic E-state index is -0.678. The summed E-state index contributed by atoms with van der Waals surface area (Å²) >= 11 is 0. The fourth-order valence-electron chi connectivity index (χ4n) is 10.4. The van der Waals surface area contributed by atoms with Gasteiger partial charge in [0.1, 0.15) is 140 Å². The Morgan fingerprint density at radius 1 is 0.256 bits per heavy atom. The molecule has 0 atom stereocenters. The summed E-state index contributed by atoms with van der Waals surface area (Å²) in [6.45, 7) is 26.1. The number of rotatable bonds is 56. The molecule has 0 aliphatic rings. The number of carbonyl (C=O) groups excluding carboxylic acids is 12. The highest BCUT2D eigenvalue weighted by Crippen LogP contribution is 2.37. The second kappa shape index (κ2) is 59.2. The van der Waals surface area contributed by atoms with Gasteiger partial charge >= 0.3 is 72.1 Å². The average Bonchev–Trinajstić information content (AvgIpc) is 0.809. The third-order valence-electron chi connectivity index (χ3n) is 16.4. The van der Waals surface area contributed by atoms with E-state index in [0.29, 0.717) is 47.3 Å². The van der Waals surface area contributed by atoms with Crippen LogP contribution >= 0.6 is 0 Å². The second-order valence-electron chi connectivity index (χ2n) is 26.1. The van der Waals surface area contributed by atoms with Crippen molar-refractivity contribution in [1.82, 2.24) is 21.3 Å². The highest BCUT2D eigenvalue weighted by molar-refractivity contribution is 5.88. The molecule has 0 aromatic heterocycles. The largest absolute Gasteiger partial charge is 0.490 e. The van der Waals surface area contributed by atoms with Gasteiger partial charge < -0.3 is 107 Å². The van der Waals surface area contributed by atoms with Crippen LogP contribution in [0.4, 0.5) is 19.2 Å². The summed E-state index contributed by atoms with van der Waals surface area (Å²) in [7, 11) is 0. The first-order chi connectivity index (χ1) is 60.3. The molecular weight excluding hydrogens is 1630 g/mol. The van der Waals surface area contributed by atoms with E-state index in [1.165, 1.54) is 13.8 Å². The van der Waals surface area contributed by atoms with Crippen LogP contribution < -0.4 is 49.7 Å². The van der Waals surface area contributed by atoms with Crippen molar-refractivity contribution in [2.45, 2.75) is 58.3 Å². The number of hydrogen-bond donors (Lipinski definition) is 4. The molecule has 6 rings (SSSR count). The van der Waals surface area contributed by atoms with Crippen molar-refractivity contribution >= 4 is 72.1 Å². The first-order valence-electron chi connectivity index (χ1n) is 39.5. The summed E-state index contributed by atoms with van der Waals surface area (Å²) in [5, 5.41) is 9.91. The van der Waals surface area contributed by atoms with E-state index in [9.17, 15) is 57.5 Å². The number of benzene rings is 6. The van der Waals surface area contributed by atoms with Crippen molar-refractivity contribution in [1.29, 1.82) is 0 Å². The molecule has 0 radical (unpaired) electrons. The van der Waals surface area contributed by atoms with Crippen LogP contribution in [0, 0.1) is 0 Å². The van der Waals surface area contributed by atoms with E-state index in [-0.39, 0.29) is 186 Å². The Balaban J connectivity index is 0.000000444. The lowest BCUT2D eigenvalue weighted by atomic mass is 9.85. The Morgan fingerprint density at radius 2 is 0.448 bits per heavy atom. The molecule has 0 spiro atoms. The molecule has 0 bridgehead atoms. The standard InChI is InChI=1S/C47H56N2O15.C44H50N2O15/c1-32(2)43(51)60-23-7-8-41(50)59-29-26-56-38-15-9-35(10-16-38)42(36-11-17-39(18-12-36)57-27-30-63-46(54)48-21-24-61-44(52)33(3)4)37-13-19-40(20-14-37)58-28-31-64-47(55)49-22-25-62-45(53)34(5)6;1-4-38(47)56-23-7-8-41(50)59-29-26-53-35-15-9-32(10-16-35)42(33-11-17-36(18-12-33)54-27-30-60-43(51)45-21-24-57-39(48)5-2)34-13-19-37(20-14-34)55-28-31-61-44(52)46-22-25-58-40(49)6-3/h9-20,42H,1,3,5,7-8,21-31H2,2,4,6H3,(H,48,54)(H,49,55);4-6,9-20,42H,1-3,7-8,21-31H2,(H,45,51)(H,46,52). The van der Waals surface area contributed by atoms with Crippen LogP contribution in [0.25, 0.3) is 0 Å². The maximum atomic E-state index is 12.1. The fourth-order valence-corrected chi connectivity index (χ4v) is 10.4. The molecule has 34 nitrogen and oxygen atoms in total. The number of nitrogens with one attached hydrogen (secondary N) is 4. The van der Waals surface area contributed by atoms with Gasteiger partial charge in [0.15, 0.2) is 0 Å². The van der Waals surface area contributed by atoms with E-state index in [2.05, 4.69) is 60.7 Å².